The Balaban J connectivity index is 0.00000198. The van der Waals surface area contributed by atoms with Crippen LogP contribution in [0.5, 0.6) is 0 Å². The Hall–Kier alpha value is -2.93. The molecule has 0 saturated carbocycles. The standard InChI is InChI=1S/C25H27N.2C2H6/c1-5-9-20(10-6-2)23-17-24(21(11-7-3)12-8-4)19-25(18-23)22-13-15-26-16-14-22;2*1-2/h5-7,9-19H,1,8H2,2-4H3;2*1-2H3/b10-6-,11-7-,20-9+,21-12+;;. The average molecular weight is 402 g/mol. The van der Waals surface area contributed by atoms with Crippen molar-refractivity contribution >= 4 is 11.1 Å². The van der Waals surface area contributed by atoms with Crippen molar-refractivity contribution in [2.45, 2.75) is 54.9 Å². The lowest BCUT2D eigenvalue weighted by Gasteiger charge is -2.12. The van der Waals surface area contributed by atoms with E-state index in [-0.39, 0.29) is 0 Å². The number of hydrogen-bond donors (Lipinski definition) is 0. The van der Waals surface area contributed by atoms with Gasteiger partial charge in [0.1, 0.15) is 0 Å². The molecule has 0 saturated heterocycles. The number of hydrogen-bond acceptors (Lipinski definition) is 1. The van der Waals surface area contributed by atoms with E-state index in [1.807, 2.05) is 71.3 Å². The van der Waals surface area contributed by atoms with E-state index in [1.165, 1.54) is 22.3 Å². The van der Waals surface area contributed by atoms with Crippen molar-refractivity contribution in [2.75, 3.05) is 0 Å². The van der Waals surface area contributed by atoms with Crippen molar-refractivity contribution in [3.8, 4) is 11.1 Å². The van der Waals surface area contributed by atoms with Gasteiger partial charge in [-0.05, 0) is 84.0 Å². The minimum Gasteiger partial charge on any atom is -0.265 e. The highest BCUT2D eigenvalue weighted by molar-refractivity contribution is 5.84. The second-order valence-electron chi connectivity index (χ2n) is 5.96. The van der Waals surface area contributed by atoms with Gasteiger partial charge in [0.15, 0.2) is 0 Å². The first-order chi connectivity index (χ1) is 14.7. The number of aromatic nitrogens is 1. The SMILES string of the molecule is C=C/C=C(\C=C/C)c1cc(C(/C=C\C)=C/CC)cc(-c2ccncc2)c1.CC.CC. The molecule has 1 aromatic carbocycles. The van der Waals surface area contributed by atoms with Crippen LogP contribution in [0.25, 0.3) is 22.3 Å². The van der Waals surface area contributed by atoms with E-state index >= 15 is 0 Å². The third-order valence-corrected chi connectivity index (χ3v) is 4.03. The second kappa shape index (κ2) is 17.0. The molecule has 0 fully saturated rings. The fourth-order valence-corrected chi connectivity index (χ4v) is 2.91. The van der Waals surface area contributed by atoms with E-state index in [4.69, 9.17) is 0 Å². The van der Waals surface area contributed by atoms with Crippen molar-refractivity contribution in [1.29, 1.82) is 0 Å². The topological polar surface area (TPSA) is 12.9 Å². The Labute approximate surface area is 185 Å². The summed E-state index contributed by atoms with van der Waals surface area (Å²) in [5.41, 5.74) is 7.14. The highest BCUT2D eigenvalue weighted by Crippen LogP contribution is 2.30. The molecule has 0 amide bonds. The molecule has 2 rings (SSSR count). The van der Waals surface area contributed by atoms with Gasteiger partial charge in [0.2, 0.25) is 0 Å². The summed E-state index contributed by atoms with van der Waals surface area (Å²) in [6.45, 7) is 18.1. The molecule has 0 aliphatic carbocycles. The normalized spacial score (nSPS) is 11.6. The number of benzene rings is 1. The highest BCUT2D eigenvalue weighted by atomic mass is 14.6. The van der Waals surface area contributed by atoms with Gasteiger partial charge in [0.25, 0.3) is 0 Å². The van der Waals surface area contributed by atoms with Gasteiger partial charge in [-0.3, -0.25) is 4.98 Å². The fourth-order valence-electron chi connectivity index (χ4n) is 2.91. The number of nitrogens with zero attached hydrogens (tertiary/aromatic N) is 1. The molecular formula is C29H39N. The molecule has 1 aromatic heterocycles. The third kappa shape index (κ3) is 8.61. The Kier molecular flexibility index (Phi) is 15.3. The lowest BCUT2D eigenvalue weighted by atomic mass is 9.92. The summed E-state index contributed by atoms with van der Waals surface area (Å²) in [6.07, 6.45) is 19.3. The molecule has 0 atom stereocenters. The largest absolute Gasteiger partial charge is 0.265 e. The lowest BCUT2D eigenvalue weighted by Crippen LogP contribution is -1.90. The molecular weight excluding hydrogens is 362 g/mol. The molecule has 0 spiro atoms. The Morgan fingerprint density at radius 1 is 0.833 bits per heavy atom. The van der Waals surface area contributed by atoms with Gasteiger partial charge >= 0.3 is 0 Å². The zero-order valence-corrected chi connectivity index (χ0v) is 19.9. The summed E-state index contributed by atoms with van der Waals surface area (Å²) < 4.78 is 0. The minimum atomic E-state index is 0.999. The molecule has 0 bridgehead atoms. The number of allylic oxidation sites excluding steroid dienone is 9. The molecule has 30 heavy (non-hydrogen) atoms. The summed E-state index contributed by atoms with van der Waals surface area (Å²) in [5, 5.41) is 0. The van der Waals surface area contributed by atoms with E-state index in [1.54, 1.807) is 0 Å². The number of rotatable bonds is 7. The van der Waals surface area contributed by atoms with Gasteiger partial charge in [-0.1, -0.05) is 83.7 Å². The van der Waals surface area contributed by atoms with E-state index < -0.39 is 0 Å². The van der Waals surface area contributed by atoms with Crippen LogP contribution in [0, 0.1) is 0 Å². The van der Waals surface area contributed by atoms with Gasteiger partial charge in [-0.15, -0.1) is 0 Å². The predicted molar refractivity (Wildman–Crippen MR) is 138 cm³/mol. The molecule has 1 nitrogen and oxygen atoms in total. The zero-order valence-electron chi connectivity index (χ0n) is 19.9. The Bertz CT molecular complexity index is 849. The molecule has 0 aliphatic heterocycles. The van der Waals surface area contributed by atoms with Crippen LogP contribution in [-0.2, 0) is 0 Å². The summed E-state index contributed by atoms with van der Waals surface area (Å²) in [5.74, 6) is 0. The number of pyridine rings is 1. The van der Waals surface area contributed by atoms with Crippen LogP contribution in [-0.4, -0.2) is 4.98 Å². The first-order valence-electron chi connectivity index (χ1n) is 11.1. The van der Waals surface area contributed by atoms with Crippen LogP contribution in [0.2, 0.25) is 0 Å². The van der Waals surface area contributed by atoms with Gasteiger partial charge in [0.05, 0.1) is 0 Å². The molecule has 1 heterocycles. The molecule has 0 unspecified atom stereocenters. The maximum atomic E-state index is 4.15. The van der Waals surface area contributed by atoms with Crippen LogP contribution in [0.3, 0.4) is 0 Å². The highest BCUT2D eigenvalue weighted by Gasteiger charge is 2.08. The summed E-state index contributed by atoms with van der Waals surface area (Å²) in [6, 6.07) is 10.8. The third-order valence-electron chi connectivity index (χ3n) is 4.03. The maximum Gasteiger partial charge on any atom is 0.0273 e. The van der Waals surface area contributed by atoms with Gasteiger partial charge in [0, 0.05) is 12.4 Å². The monoisotopic (exact) mass is 401 g/mol. The van der Waals surface area contributed by atoms with Gasteiger partial charge in [-0.2, -0.15) is 0 Å². The molecule has 160 valence electrons. The predicted octanol–water partition coefficient (Wildman–Crippen LogP) is 9.32. The van der Waals surface area contributed by atoms with Crippen molar-refractivity contribution in [3.05, 3.63) is 103 Å². The molecule has 2 aromatic rings. The zero-order chi connectivity index (χ0) is 22.8. The average Bonchev–Trinajstić information content (AvgIpc) is 2.82. The molecule has 0 N–H and O–H groups in total. The minimum absolute atomic E-state index is 0.999. The Morgan fingerprint density at radius 3 is 1.87 bits per heavy atom. The summed E-state index contributed by atoms with van der Waals surface area (Å²) in [4.78, 5) is 4.15. The molecule has 1 heteroatoms. The van der Waals surface area contributed by atoms with Gasteiger partial charge in [-0.25, -0.2) is 0 Å². The van der Waals surface area contributed by atoms with Crippen molar-refractivity contribution < 1.29 is 0 Å². The molecule has 0 radical (unpaired) electrons. The van der Waals surface area contributed by atoms with Crippen LogP contribution in [0.15, 0.2) is 91.8 Å². The van der Waals surface area contributed by atoms with Crippen molar-refractivity contribution in [1.82, 2.24) is 4.98 Å². The first-order valence-corrected chi connectivity index (χ1v) is 11.1. The molecule has 0 aliphatic rings. The maximum absolute atomic E-state index is 4.15. The van der Waals surface area contributed by atoms with E-state index in [0.29, 0.717) is 0 Å². The van der Waals surface area contributed by atoms with Crippen LogP contribution in [0.4, 0.5) is 0 Å². The quantitative estimate of drug-likeness (QED) is 0.421. The van der Waals surface area contributed by atoms with Crippen molar-refractivity contribution in [3.63, 3.8) is 0 Å². The van der Waals surface area contributed by atoms with Crippen LogP contribution in [0.1, 0.15) is 66.0 Å². The lowest BCUT2D eigenvalue weighted by molar-refractivity contribution is 1.23. The Morgan fingerprint density at radius 2 is 1.37 bits per heavy atom. The van der Waals surface area contributed by atoms with E-state index in [2.05, 4.69) is 74.0 Å². The van der Waals surface area contributed by atoms with E-state index in [9.17, 15) is 0 Å². The summed E-state index contributed by atoms with van der Waals surface area (Å²) >= 11 is 0. The summed E-state index contributed by atoms with van der Waals surface area (Å²) in [7, 11) is 0. The first kappa shape index (κ1) is 27.1. The second-order valence-corrected chi connectivity index (χ2v) is 5.96. The fraction of sp³-hybridized carbons (Fsp3) is 0.276. The van der Waals surface area contributed by atoms with Gasteiger partial charge < -0.3 is 0 Å². The van der Waals surface area contributed by atoms with Crippen LogP contribution < -0.4 is 0 Å². The van der Waals surface area contributed by atoms with Crippen LogP contribution >= 0.6 is 0 Å². The smallest absolute Gasteiger partial charge is 0.0273 e. The van der Waals surface area contributed by atoms with E-state index in [0.717, 1.165) is 17.6 Å². The van der Waals surface area contributed by atoms with Crippen molar-refractivity contribution in [2.24, 2.45) is 0 Å².